The van der Waals surface area contributed by atoms with E-state index in [0.29, 0.717) is 184 Å². The number of fused-ring (bicyclic) bond motifs is 1. The van der Waals surface area contributed by atoms with Crippen LogP contribution in [0, 0.1) is 0 Å². The molecule has 63 heavy (non-hydrogen) atoms. The highest BCUT2D eigenvalue weighted by atomic mass is 16.6. The summed E-state index contributed by atoms with van der Waals surface area (Å²) in [6.07, 6.45) is 0.165. The van der Waals surface area contributed by atoms with E-state index in [-0.39, 0.29) is 24.0 Å². The maximum absolute atomic E-state index is 13.2. The Labute approximate surface area is 370 Å². The summed E-state index contributed by atoms with van der Waals surface area (Å²) in [6.45, 7) is 13.7. The highest BCUT2D eigenvalue weighted by Gasteiger charge is 2.45. The van der Waals surface area contributed by atoms with Crippen molar-refractivity contribution in [3.8, 4) is 0 Å². The Bertz CT molecular complexity index is 1380. The maximum Gasteiger partial charge on any atom is 0.264 e. The molecular formula is C42H70N4O17. The van der Waals surface area contributed by atoms with Gasteiger partial charge in [-0.05, 0) is 25.6 Å². The van der Waals surface area contributed by atoms with E-state index in [1.165, 1.54) is 0 Å². The van der Waals surface area contributed by atoms with Gasteiger partial charge in [-0.2, -0.15) is 0 Å². The molecule has 3 N–H and O–H groups in total. The number of amides is 4. The molecule has 1 aromatic carbocycles. The predicted molar refractivity (Wildman–Crippen MR) is 226 cm³/mol. The summed E-state index contributed by atoms with van der Waals surface area (Å²) in [5.41, 5.74) is 0.901. The third kappa shape index (κ3) is 24.6. The second kappa shape index (κ2) is 37.0. The number of imide groups is 2. The molecule has 1 fully saturated rings. The van der Waals surface area contributed by atoms with Crippen LogP contribution >= 0.6 is 0 Å². The quantitative estimate of drug-likeness (QED) is 0.0576. The molecule has 0 aliphatic carbocycles. The largest absolute Gasteiger partial charge is 0.382 e. The molecule has 2 aliphatic rings. The molecule has 0 spiro atoms. The Hall–Kier alpha value is -3.26. The Morgan fingerprint density at radius 2 is 0.841 bits per heavy atom. The maximum atomic E-state index is 13.2. The molecule has 3 rings (SSSR count). The number of likely N-dealkylation sites (N-methyl/N-ethyl adjacent to an activating group) is 1. The highest BCUT2D eigenvalue weighted by molar-refractivity contribution is 6.25. The van der Waals surface area contributed by atoms with Crippen LogP contribution in [0.2, 0.25) is 0 Å². The number of nitrogens with zero attached hydrogens (tertiary/aromatic N) is 1. The van der Waals surface area contributed by atoms with Gasteiger partial charge in [-0.15, -0.1) is 0 Å². The first-order chi connectivity index (χ1) is 31.0. The molecule has 4 amide bonds. The van der Waals surface area contributed by atoms with Gasteiger partial charge in [-0.3, -0.25) is 29.4 Å². The first-order valence-electron chi connectivity index (χ1n) is 21.8. The average molecular weight is 903 g/mol. The summed E-state index contributed by atoms with van der Waals surface area (Å²) in [5.74, 6) is -2.17. The fourth-order valence-corrected chi connectivity index (χ4v) is 5.84. The predicted octanol–water partition coefficient (Wildman–Crippen LogP) is -0.0651. The van der Waals surface area contributed by atoms with Gasteiger partial charge < -0.3 is 72.2 Å². The number of benzene rings is 1. The SMILES string of the molecule is CNCCOCCOCCOCCOCCOCCOCCOCCOCCOCCOCCOCCOCCOCCNc1cccc2c1C(=O)N(C1CCC(=O)NC1=O)C2=O. The Morgan fingerprint density at radius 3 is 1.19 bits per heavy atom. The van der Waals surface area contributed by atoms with Crippen LogP contribution in [-0.4, -0.2) is 226 Å². The topological polar surface area (TPSA) is 228 Å². The minimum absolute atomic E-state index is 0.0635. The summed E-state index contributed by atoms with van der Waals surface area (Å²) in [5, 5.41) is 8.35. The minimum Gasteiger partial charge on any atom is -0.382 e. The molecule has 1 atom stereocenters. The molecule has 360 valence electrons. The minimum atomic E-state index is -1.01. The van der Waals surface area contributed by atoms with Crippen molar-refractivity contribution in [3.63, 3.8) is 0 Å². The van der Waals surface area contributed by atoms with Crippen molar-refractivity contribution in [2.24, 2.45) is 0 Å². The van der Waals surface area contributed by atoms with Gasteiger partial charge in [0.1, 0.15) is 6.04 Å². The van der Waals surface area contributed by atoms with Crippen LogP contribution in [0.15, 0.2) is 18.2 Å². The highest BCUT2D eigenvalue weighted by Crippen LogP contribution is 2.32. The zero-order chi connectivity index (χ0) is 44.8. The second-order valence-electron chi connectivity index (χ2n) is 13.7. The van der Waals surface area contributed by atoms with E-state index in [0.717, 1.165) is 11.4 Å². The molecule has 21 heteroatoms. The van der Waals surface area contributed by atoms with E-state index < -0.39 is 29.7 Å². The summed E-state index contributed by atoms with van der Waals surface area (Å²) in [4.78, 5) is 50.9. The lowest BCUT2D eigenvalue weighted by molar-refractivity contribution is -0.136. The van der Waals surface area contributed by atoms with Gasteiger partial charge >= 0.3 is 0 Å². The number of rotatable bonds is 44. The number of ether oxygens (including phenoxy) is 13. The number of carbonyl (C=O) groups is 4. The number of anilines is 1. The van der Waals surface area contributed by atoms with Crippen LogP contribution in [0.1, 0.15) is 33.6 Å². The van der Waals surface area contributed by atoms with Gasteiger partial charge in [0.25, 0.3) is 11.8 Å². The van der Waals surface area contributed by atoms with Gasteiger partial charge in [-0.1, -0.05) is 6.07 Å². The van der Waals surface area contributed by atoms with Crippen LogP contribution in [-0.2, 0) is 71.2 Å². The smallest absolute Gasteiger partial charge is 0.264 e. The lowest BCUT2D eigenvalue weighted by Crippen LogP contribution is -2.54. The Morgan fingerprint density at radius 1 is 0.492 bits per heavy atom. The fourth-order valence-electron chi connectivity index (χ4n) is 5.84. The number of nitrogens with one attached hydrogen (secondary N) is 3. The number of piperidine rings is 1. The number of hydrogen-bond acceptors (Lipinski definition) is 19. The van der Waals surface area contributed by atoms with Crippen LogP contribution in [0.4, 0.5) is 5.69 Å². The number of carbonyl (C=O) groups excluding carboxylic acids is 4. The Kier molecular flexibility index (Phi) is 31.8. The van der Waals surface area contributed by atoms with Crippen molar-refractivity contribution in [2.75, 3.05) is 197 Å². The van der Waals surface area contributed by atoms with Crippen molar-refractivity contribution in [1.29, 1.82) is 0 Å². The average Bonchev–Trinajstić information content (AvgIpc) is 3.54. The molecule has 0 saturated carbocycles. The van der Waals surface area contributed by atoms with Gasteiger partial charge in [0.15, 0.2) is 0 Å². The molecule has 0 radical (unpaired) electrons. The van der Waals surface area contributed by atoms with Gasteiger partial charge in [0.2, 0.25) is 11.8 Å². The van der Waals surface area contributed by atoms with Crippen molar-refractivity contribution in [1.82, 2.24) is 15.5 Å². The summed E-state index contributed by atoms with van der Waals surface area (Å²) in [6, 6.07) is 3.90. The van der Waals surface area contributed by atoms with E-state index in [4.69, 9.17) is 61.6 Å². The molecule has 0 bridgehead atoms. The fraction of sp³-hybridized carbons (Fsp3) is 0.762. The Balaban J connectivity index is 0.958. The molecule has 1 saturated heterocycles. The van der Waals surface area contributed by atoms with Crippen LogP contribution in [0.25, 0.3) is 0 Å². The van der Waals surface area contributed by atoms with Crippen molar-refractivity contribution < 1.29 is 80.8 Å². The molecule has 0 aromatic heterocycles. The lowest BCUT2D eigenvalue weighted by Gasteiger charge is -2.27. The van der Waals surface area contributed by atoms with E-state index in [9.17, 15) is 19.2 Å². The molecular weight excluding hydrogens is 832 g/mol. The molecule has 2 aliphatic heterocycles. The summed E-state index contributed by atoms with van der Waals surface area (Å²) < 4.78 is 71.3. The third-order valence-electron chi connectivity index (χ3n) is 8.99. The monoisotopic (exact) mass is 902 g/mol. The van der Waals surface area contributed by atoms with Gasteiger partial charge in [-0.25, -0.2) is 0 Å². The third-order valence-corrected chi connectivity index (χ3v) is 8.99. The van der Waals surface area contributed by atoms with Gasteiger partial charge in [0, 0.05) is 25.2 Å². The first-order valence-corrected chi connectivity index (χ1v) is 21.8. The van der Waals surface area contributed by atoms with Gasteiger partial charge in [0.05, 0.1) is 183 Å². The molecule has 21 nitrogen and oxygen atoms in total. The normalized spacial score (nSPS) is 15.1. The van der Waals surface area contributed by atoms with Crippen LogP contribution < -0.4 is 16.0 Å². The molecule has 2 heterocycles. The van der Waals surface area contributed by atoms with Crippen molar-refractivity contribution in [3.05, 3.63) is 29.3 Å². The van der Waals surface area contributed by atoms with E-state index >= 15 is 0 Å². The first kappa shape index (κ1) is 54.1. The van der Waals surface area contributed by atoms with Crippen LogP contribution in [0.3, 0.4) is 0 Å². The van der Waals surface area contributed by atoms with Crippen molar-refractivity contribution >= 4 is 29.3 Å². The summed E-state index contributed by atoms with van der Waals surface area (Å²) >= 11 is 0. The van der Waals surface area contributed by atoms with Crippen molar-refractivity contribution in [2.45, 2.75) is 18.9 Å². The van der Waals surface area contributed by atoms with Crippen LogP contribution in [0.5, 0.6) is 0 Å². The second-order valence-corrected chi connectivity index (χ2v) is 13.7. The molecule has 1 aromatic rings. The number of hydrogen-bond donors (Lipinski definition) is 3. The van der Waals surface area contributed by atoms with E-state index in [1.54, 1.807) is 18.2 Å². The van der Waals surface area contributed by atoms with E-state index in [1.807, 2.05) is 7.05 Å². The standard InChI is InChI=1S/C42H70N4O17/c1-43-7-9-51-11-13-53-15-17-55-19-21-57-23-25-59-27-29-61-31-33-63-34-32-62-30-28-60-26-24-58-22-20-56-18-16-54-14-12-52-10-8-44-36-4-2-3-35-39(36)42(50)46(41(35)49)37-5-6-38(47)45-40(37)48/h2-4,37,43-44H,5-34H2,1H3,(H,45,47,48). The lowest BCUT2D eigenvalue weighted by atomic mass is 10.0. The van der Waals surface area contributed by atoms with E-state index in [2.05, 4.69) is 16.0 Å². The molecule has 1 unspecified atom stereocenters. The summed E-state index contributed by atoms with van der Waals surface area (Å²) in [7, 11) is 1.89. The zero-order valence-electron chi connectivity index (χ0n) is 36.9. The zero-order valence-corrected chi connectivity index (χ0v) is 36.9.